The monoisotopic (exact) mass is 335 g/mol. The lowest BCUT2D eigenvalue weighted by atomic mass is 9.75. The Kier molecular flexibility index (Phi) is 3.75. The molecule has 4 fully saturated rings. The zero-order valence-corrected chi connectivity index (χ0v) is 14.5. The van der Waals surface area contributed by atoms with E-state index in [2.05, 4.69) is 33.0 Å². The highest BCUT2D eigenvalue weighted by Gasteiger charge is 2.53. The summed E-state index contributed by atoms with van der Waals surface area (Å²) in [6, 6.07) is 13.4. The summed E-state index contributed by atoms with van der Waals surface area (Å²) in [5.74, 6) is 1.69. The van der Waals surface area contributed by atoms with Gasteiger partial charge in [0.25, 0.3) is 0 Å². The van der Waals surface area contributed by atoms with Crippen LogP contribution in [0.25, 0.3) is 0 Å². The van der Waals surface area contributed by atoms with Crippen LogP contribution in [-0.4, -0.2) is 51.6 Å². The van der Waals surface area contributed by atoms with Crippen molar-refractivity contribution in [2.45, 2.75) is 37.4 Å². The van der Waals surface area contributed by atoms with Gasteiger partial charge < -0.3 is 5.11 Å². The Morgan fingerprint density at radius 3 is 2.60 bits per heavy atom. The predicted octanol–water partition coefficient (Wildman–Crippen LogP) is 2.85. The van der Waals surface area contributed by atoms with Gasteiger partial charge in [-0.1, -0.05) is 12.1 Å². The molecule has 5 heterocycles. The highest BCUT2D eigenvalue weighted by atomic mass is 16.3. The maximum Gasteiger partial charge on any atom is 0.115 e. The van der Waals surface area contributed by atoms with E-state index in [0.717, 1.165) is 19.0 Å². The Balaban J connectivity index is 1.49. The van der Waals surface area contributed by atoms with E-state index < -0.39 is 0 Å². The Morgan fingerprint density at radius 1 is 1.04 bits per heavy atom. The topological polar surface area (TPSA) is 39.6 Å². The SMILES string of the molecule is Oc1cccc([C@@H]2CN(Cc3ccncc3)[C@@H]3C4CCN(CC4)[C@@H]32)c1. The van der Waals surface area contributed by atoms with Gasteiger partial charge >= 0.3 is 0 Å². The van der Waals surface area contributed by atoms with Crippen LogP contribution >= 0.6 is 0 Å². The van der Waals surface area contributed by atoms with E-state index in [1.54, 1.807) is 6.07 Å². The summed E-state index contributed by atoms with van der Waals surface area (Å²) in [4.78, 5) is 9.57. The van der Waals surface area contributed by atoms with Crippen molar-refractivity contribution in [3.05, 3.63) is 59.9 Å². The molecule has 3 atom stereocenters. The molecule has 0 amide bonds. The molecule has 0 saturated carbocycles. The Labute approximate surface area is 149 Å². The number of likely N-dealkylation sites (tertiary alicyclic amines) is 1. The van der Waals surface area contributed by atoms with E-state index in [9.17, 15) is 5.11 Å². The minimum Gasteiger partial charge on any atom is -0.508 e. The smallest absolute Gasteiger partial charge is 0.115 e. The summed E-state index contributed by atoms with van der Waals surface area (Å²) in [6.07, 6.45) is 6.46. The zero-order valence-electron chi connectivity index (χ0n) is 14.5. The molecule has 1 aromatic heterocycles. The first-order valence-electron chi connectivity index (χ1n) is 9.45. The molecular formula is C21H25N3O. The second-order valence-electron chi connectivity index (χ2n) is 7.84. The van der Waals surface area contributed by atoms with Gasteiger partial charge in [0.05, 0.1) is 0 Å². The first-order valence-corrected chi connectivity index (χ1v) is 9.45. The third-order valence-corrected chi connectivity index (χ3v) is 6.53. The Hall–Kier alpha value is -1.91. The average Bonchev–Trinajstić information content (AvgIpc) is 3.05. The second kappa shape index (κ2) is 6.11. The lowest BCUT2D eigenvalue weighted by Gasteiger charge is -2.51. The molecule has 0 aliphatic carbocycles. The number of pyridine rings is 1. The molecule has 4 aliphatic rings. The van der Waals surface area contributed by atoms with Gasteiger partial charge in [0.15, 0.2) is 0 Å². The van der Waals surface area contributed by atoms with Crippen molar-refractivity contribution in [3.63, 3.8) is 0 Å². The summed E-state index contributed by atoms with van der Waals surface area (Å²) < 4.78 is 0. The number of benzene rings is 1. The van der Waals surface area contributed by atoms with Crippen LogP contribution in [0.4, 0.5) is 0 Å². The fourth-order valence-electron chi connectivity index (χ4n) is 5.49. The molecule has 0 radical (unpaired) electrons. The first kappa shape index (κ1) is 15.4. The van der Waals surface area contributed by atoms with Crippen LogP contribution < -0.4 is 0 Å². The number of fused-ring (bicyclic) bond motifs is 2. The molecule has 130 valence electrons. The number of piperidine rings is 3. The number of nitrogens with zero attached hydrogens (tertiary/aromatic N) is 3. The van der Waals surface area contributed by atoms with Crippen LogP contribution in [0, 0.1) is 5.92 Å². The van der Waals surface area contributed by atoms with Crippen molar-refractivity contribution in [3.8, 4) is 5.75 Å². The third-order valence-electron chi connectivity index (χ3n) is 6.53. The molecule has 0 unspecified atom stereocenters. The predicted molar refractivity (Wildman–Crippen MR) is 97.4 cm³/mol. The van der Waals surface area contributed by atoms with Gasteiger partial charge in [-0.25, -0.2) is 0 Å². The van der Waals surface area contributed by atoms with Crippen molar-refractivity contribution in [1.82, 2.24) is 14.8 Å². The number of aromatic nitrogens is 1. The van der Waals surface area contributed by atoms with Crippen LogP contribution in [0.3, 0.4) is 0 Å². The molecule has 4 aliphatic heterocycles. The van der Waals surface area contributed by atoms with Gasteiger partial charge in [0, 0.05) is 43.5 Å². The van der Waals surface area contributed by atoms with E-state index in [4.69, 9.17) is 0 Å². The van der Waals surface area contributed by atoms with E-state index in [0.29, 0.717) is 23.8 Å². The molecule has 6 rings (SSSR count). The molecule has 0 spiro atoms. The molecule has 4 nitrogen and oxygen atoms in total. The van der Waals surface area contributed by atoms with E-state index in [-0.39, 0.29) is 0 Å². The summed E-state index contributed by atoms with van der Waals surface area (Å²) >= 11 is 0. The van der Waals surface area contributed by atoms with Crippen LogP contribution in [0.5, 0.6) is 5.75 Å². The molecule has 4 heteroatoms. The molecule has 2 aromatic rings. The third kappa shape index (κ3) is 2.64. The summed E-state index contributed by atoms with van der Waals surface area (Å²) in [6.45, 7) is 4.56. The highest BCUT2D eigenvalue weighted by Crippen LogP contribution is 2.47. The number of phenolic OH excluding ortho intramolecular Hbond substituents is 1. The van der Waals surface area contributed by atoms with Crippen LogP contribution in [0.2, 0.25) is 0 Å². The van der Waals surface area contributed by atoms with E-state index >= 15 is 0 Å². The van der Waals surface area contributed by atoms with Gasteiger partial charge in [-0.05, 0) is 67.2 Å². The van der Waals surface area contributed by atoms with Crippen molar-refractivity contribution >= 4 is 0 Å². The minimum atomic E-state index is 0.387. The zero-order chi connectivity index (χ0) is 16.8. The lowest BCUT2D eigenvalue weighted by Crippen LogP contribution is -2.59. The molecule has 1 N–H and O–H groups in total. The van der Waals surface area contributed by atoms with Gasteiger partial charge in [0.2, 0.25) is 0 Å². The second-order valence-corrected chi connectivity index (χ2v) is 7.84. The highest BCUT2D eigenvalue weighted by molar-refractivity contribution is 5.33. The maximum atomic E-state index is 9.97. The molecule has 2 bridgehead atoms. The van der Waals surface area contributed by atoms with Crippen LogP contribution in [0.15, 0.2) is 48.8 Å². The summed E-state index contributed by atoms with van der Waals surface area (Å²) in [7, 11) is 0. The van der Waals surface area contributed by atoms with Crippen molar-refractivity contribution in [1.29, 1.82) is 0 Å². The molecule has 4 saturated heterocycles. The van der Waals surface area contributed by atoms with Gasteiger partial charge in [-0.15, -0.1) is 0 Å². The number of hydrogen-bond acceptors (Lipinski definition) is 4. The Bertz CT molecular complexity index is 742. The molecular weight excluding hydrogens is 310 g/mol. The maximum absolute atomic E-state index is 9.97. The number of phenols is 1. The number of aromatic hydroxyl groups is 1. The van der Waals surface area contributed by atoms with E-state index in [1.165, 1.54) is 37.1 Å². The largest absolute Gasteiger partial charge is 0.508 e. The fourth-order valence-corrected chi connectivity index (χ4v) is 5.49. The Morgan fingerprint density at radius 2 is 1.84 bits per heavy atom. The van der Waals surface area contributed by atoms with Crippen LogP contribution in [-0.2, 0) is 6.54 Å². The van der Waals surface area contributed by atoms with Gasteiger partial charge in [-0.2, -0.15) is 0 Å². The van der Waals surface area contributed by atoms with Crippen molar-refractivity contribution < 1.29 is 5.11 Å². The van der Waals surface area contributed by atoms with Crippen molar-refractivity contribution in [2.24, 2.45) is 5.92 Å². The normalized spacial score (nSPS) is 34.2. The van der Waals surface area contributed by atoms with Gasteiger partial charge in [0.1, 0.15) is 5.75 Å². The number of hydrogen-bond donors (Lipinski definition) is 1. The number of rotatable bonds is 3. The average molecular weight is 335 g/mol. The van der Waals surface area contributed by atoms with Crippen molar-refractivity contribution in [2.75, 3.05) is 19.6 Å². The van der Waals surface area contributed by atoms with Gasteiger partial charge in [-0.3, -0.25) is 14.8 Å². The summed E-state index contributed by atoms with van der Waals surface area (Å²) in [5, 5.41) is 9.97. The lowest BCUT2D eigenvalue weighted by molar-refractivity contribution is -0.00870. The quantitative estimate of drug-likeness (QED) is 0.936. The fraction of sp³-hybridized carbons (Fsp3) is 0.476. The van der Waals surface area contributed by atoms with E-state index in [1.807, 2.05) is 24.5 Å². The summed E-state index contributed by atoms with van der Waals surface area (Å²) in [5.41, 5.74) is 2.64. The van der Waals surface area contributed by atoms with Crippen LogP contribution in [0.1, 0.15) is 29.9 Å². The molecule has 25 heavy (non-hydrogen) atoms. The first-order chi connectivity index (χ1) is 12.3. The standard InChI is InChI=1S/C21H25N3O/c25-18-3-1-2-17(12-18)19-14-24(13-15-4-8-22-9-5-15)20-16-6-10-23(11-7-16)21(19)20/h1-5,8-9,12,16,19-21,25H,6-7,10-11,13-14H2/t19-,20+,21+/m0/s1. The molecule has 1 aromatic carbocycles. The minimum absolute atomic E-state index is 0.387.